The minimum absolute atomic E-state index is 0.537. The first-order valence-corrected chi connectivity index (χ1v) is 6.22. The molecule has 0 saturated carbocycles. The molecule has 0 atom stereocenters. The Morgan fingerprint density at radius 3 is 2.33 bits per heavy atom. The average molecular weight is 289 g/mol. The highest BCUT2D eigenvalue weighted by Crippen LogP contribution is 2.15. The molecule has 3 nitrogen and oxygen atoms in total. The van der Waals surface area contributed by atoms with Crippen molar-refractivity contribution in [1.29, 1.82) is 0 Å². The molecule has 0 heterocycles. The summed E-state index contributed by atoms with van der Waals surface area (Å²) >= 11 is 0. The van der Waals surface area contributed by atoms with Crippen molar-refractivity contribution in [2.75, 3.05) is 6.54 Å². The van der Waals surface area contributed by atoms with Crippen LogP contribution in [0.15, 0.2) is 18.2 Å². The average Bonchev–Trinajstić information content (AvgIpc) is 2.20. The zero-order chi connectivity index (χ0) is 14.0. The SMILES string of the molecule is O=S(=O)(Cc1cc(F)ccc1F)NCC(F)(F)F. The highest BCUT2D eigenvalue weighted by atomic mass is 32.2. The van der Waals surface area contributed by atoms with E-state index in [0.717, 1.165) is 6.07 Å². The summed E-state index contributed by atoms with van der Waals surface area (Å²) < 4.78 is 84.9. The van der Waals surface area contributed by atoms with Gasteiger partial charge < -0.3 is 0 Å². The van der Waals surface area contributed by atoms with Gasteiger partial charge >= 0.3 is 6.18 Å². The predicted octanol–water partition coefficient (Wildman–Crippen LogP) is 1.95. The molecular formula is C9H8F5NO2S. The van der Waals surface area contributed by atoms with Crippen molar-refractivity contribution in [2.45, 2.75) is 11.9 Å². The third-order valence-electron chi connectivity index (χ3n) is 1.85. The van der Waals surface area contributed by atoms with Gasteiger partial charge in [-0.1, -0.05) is 0 Å². The van der Waals surface area contributed by atoms with E-state index in [1.807, 2.05) is 0 Å². The smallest absolute Gasteiger partial charge is 0.212 e. The molecule has 1 aromatic rings. The lowest BCUT2D eigenvalue weighted by Crippen LogP contribution is -2.34. The van der Waals surface area contributed by atoms with E-state index in [0.29, 0.717) is 12.1 Å². The summed E-state index contributed by atoms with van der Waals surface area (Å²) in [5, 5.41) is 0. The molecule has 0 fully saturated rings. The molecule has 9 heteroatoms. The maximum Gasteiger partial charge on any atom is 0.402 e. The maximum atomic E-state index is 13.1. The van der Waals surface area contributed by atoms with Crippen molar-refractivity contribution in [3.8, 4) is 0 Å². The van der Waals surface area contributed by atoms with Gasteiger partial charge in [-0.15, -0.1) is 0 Å². The molecule has 0 saturated heterocycles. The Balaban J connectivity index is 2.80. The van der Waals surface area contributed by atoms with Crippen LogP contribution in [0.3, 0.4) is 0 Å². The minimum Gasteiger partial charge on any atom is -0.212 e. The van der Waals surface area contributed by atoms with E-state index in [2.05, 4.69) is 0 Å². The molecule has 0 aliphatic carbocycles. The summed E-state index contributed by atoms with van der Waals surface area (Å²) in [5.41, 5.74) is -0.537. The van der Waals surface area contributed by atoms with Crippen LogP contribution in [0, 0.1) is 11.6 Å². The third kappa shape index (κ3) is 4.96. The van der Waals surface area contributed by atoms with Crippen LogP contribution in [0.5, 0.6) is 0 Å². The number of halogens is 5. The summed E-state index contributed by atoms with van der Waals surface area (Å²) in [6, 6.07) is 2.08. The summed E-state index contributed by atoms with van der Waals surface area (Å²) in [7, 11) is -4.38. The number of hydrogen-bond acceptors (Lipinski definition) is 2. The number of nitrogens with one attached hydrogen (secondary N) is 1. The third-order valence-corrected chi connectivity index (χ3v) is 3.12. The zero-order valence-electron chi connectivity index (χ0n) is 8.76. The predicted molar refractivity (Wildman–Crippen MR) is 53.0 cm³/mol. The van der Waals surface area contributed by atoms with Crippen LogP contribution in [0.4, 0.5) is 22.0 Å². The van der Waals surface area contributed by atoms with Gasteiger partial charge in [-0.05, 0) is 18.2 Å². The molecule has 0 amide bonds. The van der Waals surface area contributed by atoms with E-state index in [1.54, 1.807) is 0 Å². The molecule has 0 aromatic heterocycles. The minimum atomic E-state index is -4.71. The molecule has 0 spiro atoms. The Kier molecular flexibility index (Phi) is 4.28. The first-order chi connectivity index (χ1) is 8.09. The largest absolute Gasteiger partial charge is 0.402 e. The second-order valence-electron chi connectivity index (χ2n) is 3.43. The van der Waals surface area contributed by atoms with Gasteiger partial charge in [0, 0.05) is 5.56 Å². The Hall–Kier alpha value is -1.22. The first-order valence-electron chi connectivity index (χ1n) is 4.57. The van der Waals surface area contributed by atoms with Crippen LogP contribution in [0.2, 0.25) is 0 Å². The topological polar surface area (TPSA) is 46.2 Å². The van der Waals surface area contributed by atoms with E-state index in [9.17, 15) is 30.4 Å². The van der Waals surface area contributed by atoms with Crippen molar-refractivity contribution in [3.05, 3.63) is 35.4 Å². The van der Waals surface area contributed by atoms with Gasteiger partial charge in [0.15, 0.2) is 0 Å². The zero-order valence-corrected chi connectivity index (χ0v) is 9.58. The summed E-state index contributed by atoms with van der Waals surface area (Å²) in [6.45, 7) is -1.76. The fraction of sp³-hybridized carbons (Fsp3) is 0.333. The van der Waals surface area contributed by atoms with E-state index >= 15 is 0 Å². The molecule has 1 N–H and O–H groups in total. The lowest BCUT2D eigenvalue weighted by atomic mass is 10.2. The monoisotopic (exact) mass is 289 g/mol. The lowest BCUT2D eigenvalue weighted by Gasteiger charge is -2.09. The van der Waals surface area contributed by atoms with E-state index in [-0.39, 0.29) is 0 Å². The van der Waals surface area contributed by atoms with Gasteiger partial charge in [-0.25, -0.2) is 21.9 Å². The van der Waals surface area contributed by atoms with Gasteiger partial charge in [0.2, 0.25) is 10.0 Å². The van der Waals surface area contributed by atoms with Crippen LogP contribution >= 0.6 is 0 Å². The molecule has 1 aromatic carbocycles. The molecule has 102 valence electrons. The van der Waals surface area contributed by atoms with Crippen LogP contribution in [0.1, 0.15) is 5.56 Å². The number of hydrogen-bond donors (Lipinski definition) is 1. The highest BCUT2D eigenvalue weighted by Gasteiger charge is 2.29. The summed E-state index contributed by atoms with van der Waals surface area (Å²) in [6.07, 6.45) is -4.71. The molecule has 0 aliphatic heterocycles. The summed E-state index contributed by atoms with van der Waals surface area (Å²) in [4.78, 5) is 0. The lowest BCUT2D eigenvalue weighted by molar-refractivity contribution is -0.121. The fourth-order valence-corrected chi connectivity index (χ4v) is 2.22. The Bertz CT molecular complexity index is 526. The highest BCUT2D eigenvalue weighted by molar-refractivity contribution is 7.88. The maximum absolute atomic E-state index is 13.1. The van der Waals surface area contributed by atoms with Gasteiger partial charge in [0.25, 0.3) is 0 Å². The normalized spacial score (nSPS) is 12.7. The van der Waals surface area contributed by atoms with Crippen molar-refractivity contribution in [3.63, 3.8) is 0 Å². The quantitative estimate of drug-likeness (QED) is 0.861. The Morgan fingerprint density at radius 2 is 1.78 bits per heavy atom. The van der Waals surface area contributed by atoms with E-state index in [1.165, 1.54) is 4.72 Å². The first kappa shape index (κ1) is 14.8. The van der Waals surface area contributed by atoms with Crippen LogP contribution in [-0.4, -0.2) is 21.1 Å². The molecule has 0 bridgehead atoms. The van der Waals surface area contributed by atoms with Gasteiger partial charge in [0.1, 0.15) is 18.2 Å². The number of alkyl halides is 3. The van der Waals surface area contributed by atoms with Gasteiger partial charge in [-0.2, -0.15) is 13.2 Å². The molecule has 1 rings (SSSR count). The van der Waals surface area contributed by atoms with Crippen LogP contribution in [-0.2, 0) is 15.8 Å². The summed E-state index contributed by atoms with van der Waals surface area (Å²) in [5.74, 6) is -2.95. The molecule has 18 heavy (non-hydrogen) atoms. The van der Waals surface area contributed by atoms with Crippen LogP contribution < -0.4 is 4.72 Å². The van der Waals surface area contributed by atoms with Crippen molar-refractivity contribution in [2.24, 2.45) is 0 Å². The number of rotatable bonds is 4. The van der Waals surface area contributed by atoms with E-state index < -0.39 is 45.7 Å². The number of sulfonamides is 1. The van der Waals surface area contributed by atoms with E-state index in [4.69, 9.17) is 0 Å². The molecular weight excluding hydrogens is 281 g/mol. The Morgan fingerprint density at radius 1 is 1.17 bits per heavy atom. The van der Waals surface area contributed by atoms with Crippen molar-refractivity contribution < 1.29 is 30.4 Å². The number of benzene rings is 1. The van der Waals surface area contributed by atoms with Gasteiger partial charge in [0.05, 0.1) is 5.75 Å². The second kappa shape index (κ2) is 5.19. The standard InChI is InChI=1S/C9H8F5NO2S/c10-7-1-2-8(11)6(3-7)4-18(16,17)15-5-9(12,13)14/h1-3,15H,4-5H2. The fourth-order valence-electron chi connectivity index (χ4n) is 1.10. The van der Waals surface area contributed by atoms with Crippen LogP contribution in [0.25, 0.3) is 0 Å². The van der Waals surface area contributed by atoms with Gasteiger partial charge in [-0.3, -0.25) is 0 Å². The second-order valence-corrected chi connectivity index (χ2v) is 5.24. The molecule has 0 radical (unpaired) electrons. The Labute approximate surface area is 99.7 Å². The molecule has 0 aliphatic rings. The molecule has 0 unspecified atom stereocenters. The van der Waals surface area contributed by atoms with Crippen molar-refractivity contribution in [1.82, 2.24) is 4.72 Å². The van der Waals surface area contributed by atoms with Crippen molar-refractivity contribution >= 4 is 10.0 Å².